The summed E-state index contributed by atoms with van der Waals surface area (Å²) in [5.41, 5.74) is 2.31. The molecule has 1 saturated heterocycles. The molecule has 0 aliphatic carbocycles. The van der Waals surface area contributed by atoms with Gasteiger partial charge >= 0.3 is 0 Å². The van der Waals surface area contributed by atoms with Crippen molar-refractivity contribution in [2.45, 2.75) is 13.0 Å². The number of rotatable bonds is 6. The number of ether oxygens (including phenoxy) is 1. The van der Waals surface area contributed by atoms with E-state index in [-0.39, 0.29) is 18.4 Å². The van der Waals surface area contributed by atoms with Crippen LogP contribution in [0.1, 0.15) is 16.2 Å². The molecule has 2 amide bonds. The minimum absolute atomic E-state index is 0.0490. The standard InChI is InChI=1S/C22H23ClN4O3/c23-17-7-5-16(6-8-17)22(29)24-10-9-20-25-18-3-1-2-4-19(18)27(20)15-21(28)26-11-13-30-14-12-26/h1-8H,9-15H2,(H,24,29). The molecule has 3 aromatic rings. The number of para-hydroxylation sites is 2. The third-order valence-electron chi connectivity index (χ3n) is 5.13. The van der Waals surface area contributed by atoms with E-state index in [1.54, 1.807) is 24.3 Å². The monoisotopic (exact) mass is 426 g/mol. The summed E-state index contributed by atoms with van der Waals surface area (Å²) < 4.78 is 7.28. The number of hydrogen-bond donors (Lipinski definition) is 1. The van der Waals surface area contributed by atoms with Crippen LogP contribution in [-0.4, -0.2) is 59.1 Å². The van der Waals surface area contributed by atoms with Gasteiger partial charge in [0.05, 0.1) is 24.2 Å². The summed E-state index contributed by atoms with van der Waals surface area (Å²) in [5.74, 6) is 0.654. The van der Waals surface area contributed by atoms with Crippen LogP contribution in [0, 0.1) is 0 Å². The van der Waals surface area contributed by atoms with Gasteiger partial charge in [-0.3, -0.25) is 9.59 Å². The molecule has 8 heteroatoms. The molecular formula is C22H23ClN4O3. The van der Waals surface area contributed by atoms with Gasteiger partial charge in [0.1, 0.15) is 12.4 Å². The molecule has 30 heavy (non-hydrogen) atoms. The van der Waals surface area contributed by atoms with Crippen molar-refractivity contribution in [3.05, 3.63) is 64.9 Å². The summed E-state index contributed by atoms with van der Waals surface area (Å²) in [6.07, 6.45) is 0.518. The van der Waals surface area contributed by atoms with E-state index in [2.05, 4.69) is 5.32 Å². The van der Waals surface area contributed by atoms with Gasteiger partial charge in [0.2, 0.25) is 5.91 Å². The molecule has 0 spiro atoms. The van der Waals surface area contributed by atoms with Crippen molar-refractivity contribution in [3.63, 3.8) is 0 Å². The molecule has 0 saturated carbocycles. The van der Waals surface area contributed by atoms with Crippen LogP contribution in [0.3, 0.4) is 0 Å². The van der Waals surface area contributed by atoms with Crippen molar-refractivity contribution in [1.82, 2.24) is 19.8 Å². The van der Waals surface area contributed by atoms with E-state index in [0.29, 0.717) is 49.9 Å². The molecule has 4 rings (SSSR count). The Hall–Kier alpha value is -2.90. The number of aromatic nitrogens is 2. The first-order valence-corrected chi connectivity index (χ1v) is 10.3. The normalized spacial score (nSPS) is 14.1. The van der Waals surface area contributed by atoms with Crippen LogP contribution in [0.4, 0.5) is 0 Å². The van der Waals surface area contributed by atoms with Crippen LogP contribution in [0.15, 0.2) is 48.5 Å². The average Bonchev–Trinajstić information content (AvgIpc) is 3.12. The molecule has 0 radical (unpaired) electrons. The Kier molecular flexibility index (Phi) is 6.30. The molecule has 1 aliphatic rings. The van der Waals surface area contributed by atoms with Crippen LogP contribution in [0.25, 0.3) is 11.0 Å². The second-order valence-electron chi connectivity index (χ2n) is 7.11. The fraction of sp³-hybridized carbons (Fsp3) is 0.318. The zero-order chi connectivity index (χ0) is 20.9. The van der Waals surface area contributed by atoms with Gasteiger partial charge in [-0.05, 0) is 36.4 Å². The van der Waals surface area contributed by atoms with Crippen molar-refractivity contribution in [2.75, 3.05) is 32.8 Å². The Morgan fingerprint density at radius 2 is 1.80 bits per heavy atom. The van der Waals surface area contributed by atoms with Crippen molar-refractivity contribution in [3.8, 4) is 0 Å². The molecule has 1 N–H and O–H groups in total. The molecule has 1 fully saturated rings. The SMILES string of the molecule is O=C(NCCc1nc2ccccc2n1CC(=O)N1CCOCC1)c1ccc(Cl)cc1. The van der Waals surface area contributed by atoms with Crippen molar-refractivity contribution < 1.29 is 14.3 Å². The Bertz CT molecular complexity index is 1040. The highest BCUT2D eigenvalue weighted by molar-refractivity contribution is 6.30. The average molecular weight is 427 g/mol. The van der Waals surface area contributed by atoms with E-state index < -0.39 is 0 Å². The molecule has 1 aromatic heterocycles. The number of hydrogen-bond acceptors (Lipinski definition) is 4. The number of nitrogens with zero attached hydrogens (tertiary/aromatic N) is 3. The van der Waals surface area contributed by atoms with E-state index in [4.69, 9.17) is 21.3 Å². The Balaban J connectivity index is 1.46. The fourth-order valence-corrected chi connectivity index (χ4v) is 3.66. The lowest BCUT2D eigenvalue weighted by Crippen LogP contribution is -2.42. The van der Waals surface area contributed by atoms with Gasteiger partial charge in [-0.1, -0.05) is 23.7 Å². The number of benzene rings is 2. The van der Waals surface area contributed by atoms with E-state index in [1.807, 2.05) is 33.7 Å². The number of carbonyl (C=O) groups is 2. The number of imidazole rings is 1. The van der Waals surface area contributed by atoms with Crippen LogP contribution >= 0.6 is 11.6 Å². The fourth-order valence-electron chi connectivity index (χ4n) is 3.53. The summed E-state index contributed by atoms with van der Waals surface area (Å²) in [6.45, 7) is 2.99. The predicted molar refractivity (Wildman–Crippen MR) is 115 cm³/mol. The number of fused-ring (bicyclic) bond motifs is 1. The maximum atomic E-state index is 12.8. The third-order valence-corrected chi connectivity index (χ3v) is 5.38. The number of amides is 2. The van der Waals surface area contributed by atoms with Gasteiger partial charge in [-0.15, -0.1) is 0 Å². The van der Waals surface area contributed by atoms with Crippen LogP contribution < -0.4 is 5.32 Å². The smallest absolute Gasteiger partial charge is 0.251 e. The van der Waals surface area contributed by atoms with Gasteiger partial charge in [0, 0.05) is 36.6 Å². The van der Waals surface area contributed by atoms with Crippen molar-refractivity contribution in [1.29, 1.82) is 0 Å². The lowest BCUT2D eigenvalue weighted by molar-refractivity contribution is -0.135. The first kappa shape index (κ1) is 20.4. The minimum atomic E-state index is -0.168. The Labute approximate surface area is 179 Å². The Morgan fingerprint density at radius 1 is 1.07 bits per heavy atom. The quantitative estimate of drug-likeness (QED) is 0.657. The van der Waals surface area contributed by atoms with Gasteiger partial charge in [0.25, 0.3) is 5.91 Å². The van der Waals surface area contributed by atoms with Crippen molar-refractivity contribution >= 4 is 34.4 Å². The molecule has 2 aromatic carbocycles. The molecule has 0 atom stereocenters. The van der Waals surface area contributed by atoms with Crippen LogP contribution in [0.5, 0.6) is 0 Å². The Morgan fingerprint density at radius 3 is 2.57 bits per heavy atom. The number of nitrogens with one attached hydrogen (secondary N) is 1. The second-order valence-corrected chi connectivity index (χ2v) is 7.55. The molecule has 0 bridgehead atoms. The number of halogens is 1. The summed E-state index contributed by atoms with van der Waals surface area (Å²) in [6, 6.07) is 14.5. The van der Waals surface area contributed by atoms with Gasteiger partial charge in [-0.2, -0.15) is 0 Å². The van der Waals surface area contributed by atoms with Crippen LogP contribution in [0.2, 0.25) is 5.02 Å². The second kappa shape index (κ2) is 9.28. The largest absolute Gasteiger partial charge is 0.378 e. The first-order chi connectivity index (χ1) is 14.6. The third kappa shape index (κ3) is 4.63. The van der Waals surface area contributed by atoms with Gasteiger partial charge < -0.3 is 19.5 Å². The summed E-state index contributed by atoms with van der Waals surface area (Å²) in [7, 11) is 0. The highest BCUT2D eigenvalue weighted by Crippen LogP contribution is 2.17. The van der Waals surface area contributed by atoms with Crippen LogP contribution in [-0.2, 0) is 22.5 Å². The van der Waals surface area contributed by atoms with E-state index in [9.17, 15) is 9.59 Å². The predicted octanol–water partition coefficient (Wildman–Crippen LogP) is 2.52. The molecule has 156 valence electrons. The zero-order valence-corrected chi connectivity index (χ0v) is 17.3. The minimum Gasteiger partial charge on any atom is -0.378 e. The first-order valence-electron chi connectivity index (χ1n) is 9.95. The van der Waals surface area contributed by atoms with E-state index in [1.165, 1.54) is 0 Å². The molecule has 7 nitrogen and oxygen atoms in total. The summed E-state index contributed by atoms with van der Waals surface area (Å²) >= 11 is 5.87. The topological polar surface area (TPSA) is 76.5 Å². The van der Waals surface area contributed by atoms with E-state index >= 15 is 0 Å². The van der Waals surface area contributed by atoms with Gasteiger partial charge in [-0.25, -0.2) is 4.98 Å². The molecule has 0 unspecified atom stereocenters. The highest BCUT2D eigenvalue weighted by atomic mass is 35.5. The van der Waals surface area contributed by atoms with Crippen molar-refractivity contribution in [2.24, 2.45) is 0 Å². The molecular weight excluding hydrogens is 404 g/mol. The van der Waals surface area contributed by atoms with Gasteiger partial charge in [0.15, 0.2) is 0 Å². The molecule has 2 heterocycles. The van der Waals surface area contributed by atoms with E-state index in [0.717, 1.165) is 16.9 Å². The lowest BCUT2D eigenvalue weighted by atomic mass is 10.2. The number of morpholine rings is 1. The number of carbonyl (C=O) groups excluding carboxylic acids is 2. The molecule has 1 aliphatic heterocycles. The maximum absolute atomic E-state index is 12.8. The maximum Gasteiger partial charge on any atom is 0.251 e. The summed E-state index contributed by atoms with van der Waals surface area (Å²) in [4.78, 5) is 31.6. The zero-order valence-electron chi connectivity index (χ0n) is 16.5. The highest BCUT2D eigenvalue weighted by Gasteiger charge is 2.20. The lowest BCUT2D eigenvalue weighted by Gasteiger charge is -2.27. The summed E-state index contributed by atoms with van der Waals surface area (Å²) in [5, 5.41) is 3.50.